The molecule has 0 radical (unpaired) electrons. The Morgan fingerprint density at radius 3 is 2.44 bits per heavy atom. The number of carbonyl (C=O) groups is 2. The first-order valence-corrected chi connectivity index (χ1v) is 5.75. The molecule has 0 bridgehead atoms. The molecule has 0 saturated carbocycles. The van der Waals surface area contributed by atoms with Gasteiger partial charge in [-0.2, -0.15) is 0 Å². The topological polar surface area (TPSA) is 47.3 Å². The molecule has 0 atom stereocenters. The summed E-state index contributed by atoms with van der Waals surface area (Å²) in [6, 6.07) is 8.65. The summed E-state index contributed by atoms with van der Waals surface area (Å²) in [5.41, 5.74) is 2.74. The van der Waals surface area contributed by atoms with E-state index in [0.717, 1.165) is 11.1 Å². The van der Waals surface area contributed by atoms with Crippen molar-refractivity contribution >= 4 is 11.6 Å². The number of rotatable bonds is 4. The third-order valence-electron chi connectivity index (χ3n) is 2.95. The van der Waals surface area contributed by atoms with Crippen LogP contribution in [0.25, 0.3) is 0 Å². The molecule has 0 amide bonds. The van der Waals surface area contributed by atoms with Gasteiger partial charge in [-0.3, -0.25) is 9.59 Å². The highest BCUT2D eigenvalue weighted by Gasteiger charge is 2.15. The van der Waals surface area contributed by atoms with Gasteiger partial charge in [-0.25, -0.2) is 0 Å². The van der Waals surface area contributed by atoms with Crippen LogP contribution in [0.15, 0.2) is 41.0 Å². The first kappa shape index (κ1) is 12.3. The third kappa shape index (κ3) is 2.56. The molecule has 92 valence electrons. The molecule has 1 heterocycles. The van der Waals surface area contributed by atoms with Crippen molar-refractivity contribution in [3.63, 3.8) is 0 Å². The molecule has 0 fully saturated rings. The van der Waals surface area contributed by atoms with E-state index < -0.39 is 0 Å². The van der Waals surface area contributed by atoms with Crippen molar-refractivity contribution in [1.82, 2.24) is 0 Å². The van der Waals surface area contributed by atoms with E-state index in [1.54, 1.807) is 18.2 Å². The maximum Gasteiger partial charge on any atom is 0.205 e. The van der Waals surface area contributed by atoms with E-state index in [9.17, 15) is 9.59 Å². The molecule has 0 aliphatic heterocycles. The number of aryl methyl sites for hydroxylation is 2. The van der Waals surface area contributed by atoms with Gasteiger partial charge in [0.1, 0.15) is 0 Å². The monoisotopic (exact) mass is 242 g/mol. The fourth-order valence-electron chi connectivity index (χ4n) is 1.69. The fourth-order valence-corrected chi connectivity index (χ4v) is 1.69. The zero-order chi connectivity index (χ0) is 13.1. The Labute approximate surface area is 105 Å². The fraction of sp³-hybridized carbons (Fsp3) is 0.200. The highest BCUT2D eigenvalue weighted by atomic mass is 16.3. The van der Waals surface area contributed by atoms with Gasteiger partial charge in [-0.15, -0.1) is 0 Å². The van der Waals surface area contributed by atoms with Crippen molar-refractivity contribution in [2.75, 3.05) is 0 Å². The smallest absolute Gasteiger partial charge is 0.205 e. The van der Waals surface area contributed by atoms with Gasteiger partial charge in [-0.1, -0.05) is 12.1 Å². The molecular formula is C15H14O3. The molecule has 0 saturated heterocycles. The molecular weight excluding hydrogens is 228 g/mol. The minimum absolute atomic E-state index is 0.157. The quantitative estimate of drug-likeness (QED) is 0.610. The standard InChI is InChI=1S/C15H14O3/c1-10-5-6-12(8-11(10)2)13(16)9-14(17)15-4-3-7-18-15/h3-8H,9H2,1-2H3. The largest absolute Gasteiger partial charge is 0.461 e. The summed E-state index contributed by atoms with van der Waals surface area (Å²) in [4.78, 5) is 23.7. The van der Waals surface area contributed by atoms with E-state index in [2.05, 4.69) is 0 Å². The van der Waals surface area contributed by atoms with E-state index in [0.29, 0.717) is 5.56 Å². The van der Waals surface area contributed by atoms with Crippen LogP contribution in [-0.2, 0) is 0 Å². The van der Waals surface area contributed by atoms with Crippen LogP contribution in [0.5, 0.6) is 0 Å². The zero-order valence-electron chi connectivity index (χ0n) is 10.4. The van der Waals surface area contributed by atoms with Gasteiger partial charge >= 0.3 is 0 Å². The maximum atomic E-state index is 12.0. The molecule has 1 aromatic heterocycles. The van der Waals surface area contributed by atoms with Crippen LogP contribution in [0.3, 0.4) is 0 Å². The van der Waals surface area contributed by atoms with Gasteiger partial charge < -0.3 is 4.42 Å². The lowest BCUT2D eigenvalue weighted by molar-refractivity contribution is 0.0878. The van der Waals surface area contributed by atoms with Gasteiger partial charge in [-0.05, 0) is 43.2 Å². The van der Waals surface area contributed by atoms with E-state index in [-0.39, 0.29) is 23.7 Å². The number of furan rings is 1. The summed E-state index contributed by atoms with van der Waals surface area (Å²) >= 11 is 0. The highest BCUT2D eigenvalue weighted by molar-refractivity contribution is 6.12. The number of Topliss-reactive ketones (excluding diaryl/α,β-unsaturated/α-hetero) is 2. The second-order valence-electron chi connectivity index (χ2n) is 4.30. The van der Waals surface area contributed by atoms with Gasteiger partial charge in [0.05, 0.1) is 12.7 Å². The summed E-state index contributed by atoms with van der Waals surface area (Å²) in [6.45, 7) is 3.93. The van der Waals surface area contributed by atoms with Crippen molar-refractivity contribution in [1.29, 1.82) is 0 Å². The molecule has 2 rings (SSSR count). The summed E-state index contributed by atoms with van der Waals surface area (Å²) in [5, 5.41) is 0. The molecule has 1 aromatic carbocycles. The van der Waals surface area contributed by atoms with Crippen molar-refractivity contribution in [2.45, 2.75) is 20.3 Å². The molecule has 0 unspecified atom stereocenters. The van der Waals surface area contributed by atoms with Crippen LogP contribution in [0.4, 0.5) is 0 Å². The molecule has 0 aliphatic carbocycles. The number of ketones is 2. The van der Waals surface area contributed by atoms with Gasteiger partial charge in [0, 0.05) is 5.56 Å². The van der Waals surface area contributed by atoms with Gasteiger partial charge in [0.15, 0.2) is 11.5 Å². The Morgan fingerprint density at radius 1 is 1.06 bits per heavy atom. The van der Waals surface area contributed by atoms with E-state index in [4.69, 9.17) is 4.42 Å². The lowest BCUT2D eigenvalue weighted by atomic mass is 10.0. The second-order valence-corrected chi connectivity index (χ2v) is 4.30. The van der Waals surface area contributed by atoms with Crippen molar-refractivity contribution in [2.24, 2.45) is 0 Å². The lowest BCUT2D eigenvalue weighted by Crippen LogP contribution is -2.08. The second kappa shape index (κ2) is 5.00. The van der Waals surface area contributed by atoms with Crippen LogP contribution < -0.4 is 0 Å². The third-order valence-corrected chi connectivity index (χ3v) is 2.95. The average Bonchev–Trinajstić information content (AvgIpc) is 2.86. The maximum absolute atomic E-state index is 12.0. The Balaban J connectivity index is 2.12. The van der Waals surface area contributed by atoms with E-state index in [1.165, 1.54) is 6.26 Å². The predicted octanol–water partition coefficient (Wildman–Crippen LogP) is 3.35. The minimum Gasteiger partial charge on any atom is -0.461 e. The number of benzene rings is 1. The molecule has 2 aromatic rings. The number of carbonyl (C=O) groups excluding carboxylic acids is 2. The molecule has 0 N–H and O–H groups in total. The normalized spacial score (nSPS) is 10.3. The molecule has 0 aliphatic rings. The molecule has 3 nitrogen and oxygen atoms in total. The van der Waals surface area contributed by atoms with Crippen molar-refractivity contribution < 1.29 is 14.0 Å². The van der Waals surface area contributed by atoms with Gasteiger partial charge in [0.2, 0.25) is 5.78 Å². The van der Waals surface area contributed by atoms with Crippen LogP contribution in [-0.4, -0.2) is 11.6 Å². The number of hydrogen-bond donors (Lipinski definition) is 0. The molecule has 3 heteroatoms. The summed E-state index contributed by atoms with van der Waals surface area (Å²) < 4.78 is 4.97. The summed E-state index contributed by atoms with van der Waals surface area (Å²) in [5.74, 6) is -0.241. The minimum atomic E-state index is -0.289. The zero-order valence-corrected chi connectivity index (χ0v) is 10.4. The number of hydrogen-bond acceptors (Lipinski definition) is 3. The van der Waals surface area contributed by atoms with Crippen LogP contribution in [0, 0.1) is 13.8 Å². The first-order valence-electron chi connectivity index (χ1n) is 5.75. The van der Waals surface area contributed by atoms with Crippen molar-refractivity contribution in [3.8, 4) is 0 Å². The van der Waals surface area contributed by atoms with Crippen molar-refractivity contribution in [3.05, 3.63) is 59.0 Å². The van der Waals surface area contributed by atoms with Crippen LogP contribution in [0.2, 0.25) is 0 Å². The average molecular weight is 242 g/mol. The van der Waals surface area contributed by atoms with Gasteiger partial charge in [0.25, 0.3) is 0 Å². The Morgan fingerprint density at radius 2 is 1.83 bits per heavy atom. The molecule has 18 heavy (non-hydrogen) atoms. The van der Waals surface area contributed by atoms with Crippen LogP contribution in [0.1, 0.15) is 38.5 Å². The first-order chi connectivity index (χ1) is 8.58. The summed E-state index contributed by atoms with van der Waals surface area (Å²) in [6.07, 6.45) is 1.27. The predicted molar refractivity (Wildman–Crippen MR) is 67.9 cm³/mol. The lowest BCUT2D eigenvalue weighted by Gasteiger charge is -2.03. The Bertz CT molecular complexity index is 580. The Hall–Kier alpha value is -2.16. The Kier molecular flexibility index (Phi) is 3.42. The SMILES string of the molecule is Cc1ccc(C(=O)CC(=O)c2ccco2)cc1C. The molecule has 0 spiro atoms. The van der Waals surface area contributed by atoms with Crippen LogP contribution >= 0.6 is 0 Å². The summed E-state index contributed by atoms with van der Waals surface area (Å²) in [7, 11) is 0. The highest BCUT2D eigenvalue weighted by Crippen LogP contribution is 2.13. The van der Waals surface area contributed by atoms with E-state index >= 15 is 0 Å². The van der Waals surface area contributed by atoms with E-state index in [1.807, 2.05) is 26.0 Å².